The largest absolute Gasteiger partial charge is 0.493 e. The molecule has 0 saturated heterocycles. The van der Waals surface area contributed by atoms with Gasteiger partial charge in [-0.3, -0.25) is 9.10 Å². The van der Waals surface area contributed by atoms with Crippen LogP contribution in [0, 0.1) is 0 Å². The number of nitrogens with one attached hydrogen (secondary N) is 1. The van der Waals surface area contributed by atoms with Crippen LogP contribution in [0.1, 0.15) is 38.5 Å². The number of anilines is 1. The molecule has 0 unspecified atom stereocenters. The number of hydrogen-bond donors (Lipinski definition) is 1. The quantitative estimate of drug-likeness (QED) is 0.544. The second-order valence-electron chi connectivity index (χ2n) is 7.14. The van der Waals surface area contributed by atoms with Crippen molar-refractivity contribution in [2.75, 3.05) is 44.5 Å². The van der Waals surface area contributed by atoms with E-state index in [2.05, 4.69) is 5.32 Å². The topological polar surface area (TPSA) is 94.2 Å². The number of carbonyl (C=O) groups is 1. The standard InChI is InChI=1S/C20H32N2O6S/c1-26-18-11-10-16(14-19(18)27-2)22(29(3,24)25)15-20(23)21-12-7-13-28-17-8-5-4-6-9-17/h10-11,14,17H,4-9,12-13,15H2,1-3H3,(H,21,23). The Balaban J connectivity index is 1.87. The highest BCUT2D eigenvalue weighted by atomic mass is 32.2. The van der Waals surface area contributed by atoms with Crippen molar-refractivity contribution in [1.82, 2.24) is 5.32 Å². The molecule has 1 aliphatic carbocycles. The van der Waals surface area contributed by atoms with Crippen LogP contribution in [-0.4, -0.2) is 60.6 Å². The van der Waals surface area contributed by atoms with Gasteiger partial charge in [0.25, 0.3) is 0 Å². The summed E-state index contributed by atoms with van der Waals surface area (Å²) in [7, 11) is -0.692. The molecule has 0 bridgehead atoms. The molecule has 1 aliphatic rings. The first-order valence-electron chi connectivity index (χ1n) is 9.93. The summed E-state index contributed by atoms with van der Waals surface area (Å²) < 4.78 is 41.7. The fourth-order valence-corrected chi connectivity index (χ4v) is 4.20. The summed E-state index contributed by atoms with van der Waals surface area (Å²) in [6.07, 6.45) is 8.05. The minimum atomic E-state index is -3.66. The number of methoxy groups -OCH3 is 2. The fourth-order valence-electron chi connectivity index (χ4n) is 3.35. The summed E-state index contributed by atoms with van der Waals surface area (Å²) in [6, 6.07) is 4.71. The van der Waals surface area contributed by atoms with Gasteiger partial charge in [0, 0.05) is 19.2 Å². The molecule has 1 aromatic carbocycles. The third-order valence-corrected chi connectivity index (χ3v) is 6.03. The Labute approximate surface area is 173 Å². The lowest BCUT2D eigenvalue weighted by atomic mass is 9.98. The van der Waals surface area contributed by atoms with E-state index < -0.39 is 10.0 Å². The predicted molar refractivity (Wildman–Crippen MR) is 112 cm³/mol. The number of sulfonamides is 1. The maximum atomic E-state index is 12.3. The average molecular weight is 429 g/mol. The van der Waals surface area contributed by atoms with E-state index in [4.69, 9.17) is 14.2 Å². The van der Waals surface area contributed by atoms with Gasteiger partial charge in [0.2, 0.25) is 15.9 Å². The van der Waals surface area contributed by atoms with Crippen molar-refractivity contribution in [2.24, 2.45) is 0 Å². The molecule has 0 radical (unpaired) electrons. The van der Waals surface area contributed by atoms with E-state index in [1.807, 2.05) is 0 Å². The zero-order valence-corrected chi connectivity index (χ0v) is 18.3. The van der Waals surface area contributed by atoms with Gasteiger partial charge in [0.1, 0.15) is 6.54 Å². The van der Waals surface area contributed by atoms with Crippen molar-refractivity contribution in [2.45, 2.75) is 44.6 Å². The molecular weight excluding hydrogens is 396 g/mol. The van der Waals surface area contributed by atoms with Gasteiger partial charge in [-0.15, -0.1) is 0 Å². The van der Waals surface area contributed by atoms with Crippen molar-refractivity contribution in [3.63, 3.8) is 0 Å². The van der Waals surface area contributed by atoms with E-state index in [-0.39, 0.29) is 12.5 Å². The molecule has 9 heteroatoms. The first kappa shape index (κ1) is 23.3. The smallest absolute Gasteiger partial charge is 0.240 e. The molecule has 1 N–H and O–H groups in total. The minimum Gasteiger partial charge on any atom is -0.493 e. The second-order valence-corrected chi connectivity index (χ2v) is 9.05. The van der Waals surface area contributed by atoms with Crippen LogP contribution in [0.3, 0.4) is 0 Å². The number of amides is 1. The van der Waals surface area contributed by atoms with Crippen LogP contribution in [0.15, 0.2) is 18.2 Å². The summed E-state index contributed by atoms with van der Waals surface area (Å²) in [5.41, 5.74) is 0.334. The Morgan fingerprint density at radius 2 is 1.83 bits per heavy atom. The van der Waals surface area contributed by atoms with Crippen LogP contribution in [0.4, 0.5) is 5.69 Å². The maximum absolute atomic E-state index is 12.3. The maximum Gasteiger partial charge on any atom is 0.240 e. The van der Waals surface area contributed by atoms with E-state index in [0.717, 1.165) is 23.4 Å². The molecule has 8 nitrogen and oxygen atoms in total. The molecule has 1 fully saturated rings. The molecule has 1 saturated carbocycles. The van der Waals surface area contributed by atoms with Gasteiger partial charge >= 0.3 is 0 Å². The van der Waals surface area contributed by atoms with E-state index in [1.165, 1.54) is 39.5 Å². The van der Waals surface area contributed by atoms with Gasteiger partial charge in [-0.05, 0) is 31.4 Å². The summed E-state index contributed by atoms with van der Waals surface area (Å²) in [6.45, 7) is 0.725. The summed E-state index contributed by atoms with van der Waals surface area (Å²) in [5.74, 6) is 0.494. The number of ether oxygens (including phenoxy) is 3. The Morgan fingerprint density at radius 1 is 1.14 bits per heavy atom. The van der Waals surface area contributed by atoms with Crippen LogP contribution in [-0.2, 0) is 19.6 Å². The molecule has 1 aromatic rings. The summed E-state index contributed by atoms with van der Waals surface area (Å²) in [4.78, 5) is 12.3. The van der Waals surface area contributed by atoms with Crippen molar-refractivity contribution in [3.8, 4) is 11.5 Å². The van der Waals surface area contributed by atoms with Gasteiger partial charge in [0.15, 0.2) is 11.5 Å². The third-order valence-electron chi connectivity index (χ3n) is 4.89. The van der Waals surface area contributed by atoms with E-state index in [9.17, 15) is 13.2 Å². The molecule has 2 rings (SSSR count). The van der Waals surface area contributed by atoms with Crippen molar-refractivity contribution in [1.29, 1.82) is 0 Å². The molecule has 0 spiro atoms. The van der Waals surface area contributed by atoms with E-state index >= 15 is 0 Å². The highest BCUT2D eigenvalue weighted by molar-refractivity contribution is 7.92. The normalized spacial score (nSPS) is 15.0. The van der Waals surface area contributed by atoms with Crippen LogP contribution in [0.5, 0.6) is 11.5 Å². The fraction of sp³-hybridized carbons (Fsp3) is 0.650. The lowest BCUT2D eigenvalue weighted by Crippen LogP contribution is -2.40. The molecule has 0 aromatic heterocycles. The van der Waals surface area contributed by atoms with Gasteiger partial charge in [-0.25, -0.2) is 8.42 Å². The molecule has 0 heterocycles. The zero-order chi connectivity index (χ0) is 21.3. The minimum absolute atomic E-state index is 0.308. The lowest BCUT2D eigenvalue weighted by molar-refractivity contribution is -0.119. The Hall–Kier alpha value is -2.00. The van der Waals surface area contributed by atoms with Crippen LogP contribution in [0.2, 0.25) is 0 Å². The number of benzene rings is 1. The Kier molecular flexibility index (Phi) is 9.03. The van der Waals surface area contributed by atoms with E-state index in [0.29, 0.717) is 42.9 Å². The van der Waals surface area contributed by atoms with Crippen molar-refractivity contribution >= 4 is 21.6 Å². The SMILES string of the molecule is COc1ccc(N(CC(=O)NCCCOC2CCCCC2)S(C)(=O)=O)cc1OC. The molecule has 0 atom stereocenters. The molecule has 0 aliphatic heterocycles. The zero-order valence-electron chi connectivity index (χ0n) is 17.5. The predicted octanol–water partition coefficient (Wildman–Crippen LogP) is 2.33. The number of nitrogens with zero attached hydrogens (tertiary/aromatic N) is 1. The van der Waals surface area contributed by atoms with Gasteiger partial charge < -0.3 is 19.5 Å². The first-order chi connectivity index (χ1) is 13.8. The van der Waals surface area contributed by atoms with Crippen LogP contribution >= 0.6 is 0 Å². The lowest BCUT2D eigenvalue weighted by Gasteiger charge is -2.23. The number of carbonyl (C=O) groups excluding carboxylic acids is 1. The number of rotatable bonds is 11. The van der Waals surface area contributed by atoms with Gasteiger partial charge in [-0.2, -0.15) is 0 Å². The van der Waals surface area contributed by atoms with Crippen LogP contribution < -0.4 is 19.1 Å². The first-order valence-corrected chi connectivity index (χ1v) is 11.8. The Morgan fingerprint density at radius 3 is 2.45 bits per heavy atom. The second kappa shape index (κ2) is 11.3. The molecule has 164 valence electrons. The van der Waals surface area contributed by atoms with Gasteiger partial charge in [0.05, 0.1) is 32.3 Å². The molecular formula is C20H32N2O6S. The summed E-state index contributed by atoms with van der Waals surface area (Å²) in [5, 5.41) is 2.76. The number of hydrogen-bond acceptors (Lipinski definition) is 6. The molecule has 29 heavy (non-hydrogen) atoms. The van der Waals surface area contributed by atoms with Crippen LogP contribution in [0.25, 0.3) is 0 Å². The third kappa shape index (κ3) is 7.40. The Bertz CT molecular complexity index is 762. The van der Waals surface area contributed by atoms with Crippen molar-refractivity contribution in [3.05, 3.63) is 18.2 Å². The van der Waals surface area contributed by atoms with Crippen molar-refractivity contribution < 1.29 is 27.4 Å². The highest BCUT2D eigenvalue weighted by Crippen LogP contribution is 2.32. The average Bonchev–Trinajstić information content (AvgIpc) is 2.71. The van der Waals surface area contributed by atoms with E-state index in [1.54, 1.807) is 12.1 Å². The highest BCUT2D eigenvalue weighted by Gasteiger charge is 2.22. The van der Waals surface area contributed by atoms with Gasteiger partial charge in [-0.1, -0.05) is 19.3 Å². The monoisotopic (exact) mass is 428 g/mol. The molecule has 1 amide bonds. The summed E-state index contributed by atoms with van der Waals surface area (Å²) >= 11 is 0.